The molecule has 2 aliphatic heterocycles. The van der Waals surface area contributed by atoms with Crippen molar-refractivity contribution in [2.45, 2.75) is 216 Å². The van der Waals surface area contributed by atoms with Crippen LogP contribution in [0.2, 0.25) is 0 Å². The van der Waals surface area contributed by atoms with Gasteiger partial charge in [0.25, 0.3) is 0 Å². The molecule has 0 aromatic carbocycles. The Kier molecular flexibility index (Phi) is 35.1. The largest absolute Gasteiger partial charge is 0.390 e. The summed E-state index contributed by atoms with van der Waals surface area (Å²) in [6.45, 7) is 30.4. The lowest BCUT2D eigenvalue weighted by atomic mass is 9.91. The number of amides is 11. The summed E-state index contributed by atoms with van der Waals surface area (Å²) in [5.41, 5.74) is 0. The van der Waals surface area contributed by atoms with Crippen LogP contribution in [0.25, 0.3) is 0 Å². The van der Waals surface area contributed by atoms with E-state index in [4.69, 9.17) is 9.47 Å². The molecule has 0 unspecified atom stereocenters. The normalized spacial score (nSPS) is 27.0. The van der Waals surface area contributed by atoms with E-state index in [1.165, 1.54) is 82.8 Å². The van der Waals surface area contributed by atoms with E-state index >= 15 is 14.4 Å². The van der Waals surface area contributed by atoms with Crippen LogP contribution in [0, 0.1) is 35.5 Å². The van der Waals surface area contributed by atoms with Crippen molar-refractivity contribution in [3.8, 4) is 0 Å². The van der Waals surface area contributed by atoms with Crippen molar-refractivity contribution < 1.29 is 67.3 Å². The van der Waals surface area contributed by atoms with Gasteiger partial charge in [0.15, 0.2) is 0 Å². The predicted molar refractivity (Wildman–Crippen MR) is 361 cm³/mol. The smallest absolute Gasteiger partial charge is 0.246 e. The molecule has 2 rings (SSSR count). The molecule has 0 spiro atoms. The van der Waals surface area contributed by atoms with Crippen LogP contribution >= 0.6 is 0 Å². The van der Waals surface area contributed by atoms with Crippen LogP contribution in [0.3, 0.4) is 0 Å². The van der Waals surface area contributed by atoms with E-state index in [1.54, 1.807) is 73.6 Å². The molecule has 94 heavy (non-hydrogen) atoms. The van der Waals surface area contributed by atoms with Crippen LogP contribution in [-0.4, -0.2) is 277 Å². The van der Waals surface area contributed by atoms with Crippen LogP contribution in [0.15, 0.2) is 24.3 Å². The molecule has 2 fully saturated rings. The first-order valence-corrected chi connectivity index (χ1v) is 33.7. The SMILES string of the molecule is C/C=C/C[C@@H](C)[C@@H](O)[C@H]1C(=O)N[C@@H](CC)C(=O)N(C)CC(=O)N(C)[C@@H]([C@@H](C)OC/C=C/CN2CCOCC2)C(=O)N[C@@H](C(C)C)C(=O)N(C)[C@H](CC(C)C)C(=O)N[C@@H](C)C(=O)N[C@@H](C)C(=O)N(C)[C@@H](CC(C)C)C(=O)N(C)[C@H](CC(C)C)C(=O)N(C)[C@@H](C(C)C)C(=O)N1C. The molecule has 13 atom stereocenters. The van der Waals surface area contributed by atoms with Gasteiger partial charge in [-0.2, -0.15) is 0 Å². The zero-order valence-electron chi connectivity index (χ0n) is 61.0. The van der Waals surface area contributed by atoms with Crippen molar-refractivity contribution >= 4 is 65.0 Å². The highest BCUT2D eigenvalue weighted by Gasteiger charge is 2.46. The summed E-state index contributed by atoms with van der Waals surface area (Å²) in [4.78, 5) is 173. The lowest BCUT2D eigenvalue weighted by molar-refractivity contribution is -0.157. The minimum absolute atomic E-state index is 0.00830. The van der Waals surface area contributed by atoms with Gasteiger partial charge in [-0.05, 0) is 95.3 Å². The molecule has 0 aromatic rings. The monoisotopic (exact) mass is 1330 g/mol. The fourth-order valence-electron chi connectivity index (χ4n) is 11.8. The number of rotatable bonds is 19. The lowest BCUT2D eigenvalue weighted by Gasteiger charge is -2.41. The standard InChI is InChI=1S/C68H120N12O14/c1-24-26-29-45(13)58(82)57-62(86)71-49(25-2)64(88)73(17)39-53(81)77(21)56(48(16)94-33-28-27-30-80-31-34-93-35-32-80)61(85)72-54(43(9)10)67(91)74(18)50(36-40(3)4)60(84)69-46(14)59(83)70-47(15)63(87)75(19)51(37-41(5)6)65(89)76(20)52(38-42(7)8)66(90)78(22)55(44(11)12)68(92)79(57)23/h24,26-28,40-52,54-58,82H,25,29-39H2,1-23H3,(H,69,84)(H,70,83)(H,71,86)(H,72,85)/b26-24+,28-27+/t45-,46+,47+,48-,49+,50-,51+,52-,54+,55+,56+,57+,58-/m1/s1. The molecular formula is C68H120N12O14. The van der Waals surface area contributed by atoms with E-state index in [1.807, 2.05) is 47.6 Å². The van der Waals surface area contributed by atoms with Gasteiger partial charge in [0.1, 0.15) is 60.4 Å². The summed E-state index contributed by atoms with van der Waals surface area (Å²) in [6, 6.07) is -12.9. The molecule has 0 aromatic heterocycles. The van der Waals surface area contributed by atoms with Gasteiger partial charge in [-0.3, -0.25) is 57.6 Å². The first kappa shape index (κ1) is 83.6. The zero-order valence-corrected chi connectivity index (χ0v) is 61.0. The highest BCUT2D eigenvalue weighted by molar-refractivity contribution is 5.99. The molecular weight excluding hydrogens is 1210 g/mol. The quantitative estimate of drug-likeness (QED) is 0.116. The summed E-state index contributed by atoms with van der Waals surface area (Å²) in [5.74, 6) is -10.1. The van der Waals surface area contributed by atoms with E-state index in [9.17, 15) is 43.5 Å². The first-order chi connectivity index (χ1) is 43.8. The third kappa shape index (κ3) is 24.0. The Hall–Kier alpha value is -6.51. The second-order valence-electron chi connectivity index (χ2n) is 27.8. The summed E-state index contributed by atoms with van der Waals surface area (Å²) in [6.07, 6.45) is 5.45. The molecule has 0 radical (unpaired) electrons. The maximum Gasteiger partial charge on any atom is 0.246 e. The Morgan fingerprint density at radius 3 is 1.52 bits per heavy atom. The lowest BCUT2D eigenvalue weighted by Crippen LogP contribution is -2.63. The number of morpholine rings is 1. The number of nitrogens with one attached hydrogen (secondary N) is 4. The van der Waals surface area contributed by atoms with Crippen molar-refractivity contribution in [1.82, 2.24) is 60.5 Å². The molecule has 11 amide bonds. The van der Waals surface area contributed by atoms with Crippen molar-refractivity contribution in [1.29, 1.82) is 0 Å². The number of allylic oxidation sites excluding steroid dienone is 2. The summed E-state index contributed by atoms with van der Waals surface area (Å²) < 4.78 is 11.7. The molecule has 536 valence electrons. The van der Waals surface area contributed by atoms with Crippen LogP contribution in [0.1, 0.15) is 143 Å². The number of hydrogen-bond donors (Lipinski definition) is 5. The second-order valence-corrected chi connectivity index (χ2v) is 27.8. The number of nitrogens with zero attached hydrogens (tertiary/aromatic N) is 8. The fourth-order valence-corrected chi connectivity index (χ4v) is 11.8. The summed E-state index contributed by atoms with van der Waals surface area (Å²) >= 11 is 0. The van der Waals surface area contributed by atoms with Crippen LogP contribution in [0.5, 0.6) is 0 Å². The molecule has 2 saturated heterocycles. The van der Waals surface area contributed by atoms with E-state index in [0.717, 1.165) is 27.8 Å². The predicted octanol–water partition coefficient (Wildman–Crippen LogP) is 2.52. The number of ether oxygens (including phenoxy) is 2. The Bertz CT molecular complexity index is 2590. The molecule has 0 saturated carbocycles. The van der Waals surface area contributed by atoms with Gasteiger partial charge < -0.3 is 70.1 Å². The fraction of sp³-hybridized carbons (Fsp3) is 0.779. The Labute approximate surface area is 561 Å². The van der Waals surface area contributed by atoms with Gasteiger partial charge in [0, 0.05) is 69.0 Å². The third-order valence-electron chi connectivity index (χ3n) is 17.8. The zero-order chi connectivity index (χ0) is 71.9. The van der Waals surface area contributed by atoms with Crippen molar-refractivity contribution in [3.05, 3.63) is 24.3 Å². The summed E-state index contributed by atoms with van der Waals surface area (Å²) in [5, 5.41) is 23.2. The average Bonchev–Trinajstić information content (AvgIpc) is 0.810. The summed E-state index contributed by atoms with van der Waals surface area (Å²) in [7, 11) is 9.82. The maximum atomic E-state index is 15.2. The topological polar surface area (TPSA) is 300 Å². The average molecular weight is 1330 g/mol. The Morgan fingerprint density at radius 1 is 0.521 bits per heavy atom. The Morgan fingerprint density at radius 2 is 1.01 bits per heavy atom. The molecule has 26 heteroatoms. The number of hydrogen-bond acceptors (Lipinski definition) is 15. The molecule has 5 N–H and O–H groups in total. The number of carbonyl (C=O) groups excluding carboxylic acids is 11. The third-order valence-corrected chi connectivity index (χ3v) is 17.8. The van der Waals surface area contributed by atoms with Gasteiger partial charge in [0.2, 0.25) is 65.0 Å². The van der Waals surface area contributed by atoms with Gasteiger partial charge in [-0.15, -0.1) is 0 Å². The van der Waals surface area contributed by atoms with E-state index in [0.29, 0.717) is 26.2 Å². The van der Waals surface area contributed by atoms with E-state index in [2.05, 4.69) is 26.2 Å². The van der Waals surface area contributed by atoms with Crippen LogP contribution in [-0.2, 0) is 62.2 Å². The Balaban J connectivity index is 2.99. The van der Waals surface area contributed by atoms with E-state index < -0.39 is 162 Å². The molecule has 2 aliphatic rings. The minimum Gasteiger partial charge on any atom is -0.390 e. The van der Waals surface area contributed by atoms with Gasteiger partial charge >= 0.3 is 0 Å². The minimum atomic E-state index is -1.64. The van der Waals surface area contributed by atoms with Gasteiger partial charge in [-0.25, -0.2) is 0 Å². The number of carbonyl (C=O) groups is 11. The molecule has 0 bridgehead atoms. The van der Waals surface area contributed by atoms with Crippen LogP contribution < -0.4 is 21.3 Å². The van der Waals surface area contributed by atoms with E-state index in [-0.39, 0.29) is 50.0 Å². The second kappa shape index (κ2) is 39.5. The molecule has 2 heterocycles. The van der Waals surface area contributed by atoms with Gasteiger partial charge in [-0.1, -0.05) is 107 Å². The number of likely N-dealkylation sites (N-methyl/N-ethyl adjacent to an activating group) is 7. The van der Waals surface area contributed by atoms with Crippen molar-refractivity contribution in [2.75, 3.05) is 95.3 Å². The highest BCUT2D eigenvalue weighted by Crippen LogP contribution is 2.26. The van der Waals surface area contributed by atoms with Crippen molar-refractivity contribution in [3.63, 3.8) is 0 Å². The maximum absolute atomic E-state index is 15.2. The van der Waals surface area contributed by atoms with Gasteiger partial charge in [0.05, 0.1) is 38.6 Å². The number of aliphatic hydroxyl groups excluding tert-OH is 1. The molecule has 0 aliphatic carbocycles. The highest BCUT2D eigenvalue weighted by atomic mass is 16.5. The van der Waals surface area contributed by atoms with Crippen LogP contribution in [0.4, 0.5) is 0 Å². The van der Waals surface area contributed by atoms with Crippen molar-refractivity contribution in [2.24, 2.45) is 35.5 Å². The molecule has 26 nitrogen and oxygen atoms in total. The number of aliphatic hydroxyl groups is 1. The first-order valence-electron chi connectivity index (χ1n) is 33.7.